The van der Waals surface area contributed by atoms with Gasteiger partial charge < -0.3 is 15.0 Å². The number of methoxy groups -OCH3 is 1. The molecular formula is C26H27Cl2N3O5S. The van der Waals surface area contributed by atoms with E-state index in [1.165, 1.54) is 43.3 Å². The standard InChI is InChI=1S/C26H27Cl2N3O5S/c1-18(26(33)29-2)30(16-19-9-7-8-12-22(19)28)25(32)17-31(23-15-20(27)13-14-24(23)36-3)37(34,35)21-10-5-4-6-11-21/h4-15,18H,16-17H2,1-3H3,(H,29,33)/t18-/m1/s1. The van der Waals surface area contributed by atoms with Crippen LogP contribution >= 0.6 is 23.2 Å². The van der Waals surface area contributed by atoms with Gasteiger partial charge in [0.25, 0.3) is 10.0 Å². The van der Waals surface area contributed by atoms with Crippen molar-refractivity contribution in [2.45, 2.75) is 24.4 Å². The molecule has 3 rings (SSSR count). The predicted molar refractivity (Wildman–Crippen MR) is 145 cm³/mol. The third kappa shape index (κ3) is 6.54. The third-order valence-corrected chi connectivity index (χ3v) is 8.11. The number of anilines is 1. The highest BCUT2D eigenvalue weighted by Gasteiger charge is 2.33. The molecule has 0 aromatic heterocycles. The zero-order chi connectivity index (χ0) is 27.2. The van der Waals surface area contributed by atoms with Gasteiger partial charge in [-0.1, -0.05) is 59.6 Å². The second-order valence-corrected chi connectivity index (χ2v) is 10.8. The molecule has 0 bridgehead atoms. The van der Waals surface area contributed by atoms with Crippen LogP contribution in [0, 0.1) is 0 Å². The summed E-state index contributed by atoms with van der Waals surface area (Å²) in [5.74, 6) is -0.843. The molecular weight excluding hydrogens is 537 g/mol. The second kappa shape index (κ2) is 12.3. The van der Waals surface area contributed by atoms with Gasteiger partial charge in [-0.25, -0.2) is 8.42 Å². The monoisotopic (exact) mass is 563 g/mol. The average molecular weight is 564 g/mol. The fourth-order valence-corrected chi connectivity index (χ4v) is 5.49. The fraction of sp³-hybridized carbons (Fsp3) is 0.231. The number of likely N-dealkylation sites (N-methyl/N-ethyl adjacent to an activating group) is 1. The van der Waals surface area contributed by atoms with Gasteiger partial charge in [-0.15, -0.1) is 0 Å². The minimum absolute atomic E-state index is 0.0149. The Labute approximate surface area is 226 Å². The molecule has 0 aliphatic carbocycles. The number of carbonyl (C=O) groups is 2. The summed E-state index contributed by atoms with van der Waals surface area (Å²) in [6, 6.07) is 18.2. The Bertz CT molecular complexity index is 1370. The Hall–Kier alpha value is -3.27. The number of amides is 2. The van der Waals surface area contributed by atoms with E-state index in [0.29, 0.717) is 10.6 Å². The second-order valence-electron chi connectivity index (χ2n) is 8.04. The van der Waals surface area contributed by atoms with Gasteiger partial charge in [-0.05, 0) is 48.9 Å². The highest BCUT2D eigenvalue weighted by molar-refractivity contribution is 7.92. The minimum atomic E-state index is -4.24. The number of hydrogen-bond acceptors (Lipinski definition) is 5. The van der Waals surface area contributed by atoms with Crippen molar-refractivity contribution >= 4 is 50.7 Å². The number of benzene rings is 3. The van der Waals surface area contributed by atoms with E-state index in [4.69, 9.17) is 27.9 Å². The molecule has 2 amide bonds. The molecule has 0 saturated heterocycles. The molecule has 0 saturated carbocycles. The molecule has 0 aliphatic rings. The Kier molecular flexibility index (Phi) is 9.42. The van der Waals surface area contributed by atoms with Crippen LogP contribution in [0.2, 0.25) is 10.0 Å². The maximum absolute atomic E-state index is 13.8. The topological polar surface area (TPSA) is 96.0 Å². The molecule has 3 aromatic rings. The summed E-state index contributed by atoms with van der Waals surface area (Å²) in [5, 5.41) is 3.20. The molecule has 3 aromatic carbocycles. The third-order valence-electron chi connectivity index (χ3n) is 5.73. The van der Waals surface area contributed by atoms with Gasteiger partial charge in [0.15, 0.2) is 0 Å². The summed E-state index contributed by atoms with van der Waals surface area (Å²) in [6.07, 6.45) is 0. The van der Waals surface area contributed by atoms with Crippen LogP contribution in [0.4, 0.5) is 5.69 Å². The number of carbonyl (C=O) groups excluding carboxylic acids is 2. The van der Waals surface area contributed by atoms with Crippen molar-refractivity contribution in [2.24, 2.45) is 0 Å². The normalized spacial score (nSPS) is 11.9. The van der Waals surface area contributed by atoms with E-state index in [1.54, 1.807) is 55.5 Å². The Morgan fingerprint density at radius 3 is 2.27 bits per heavy atom. The summed E-state index contributed by atoms with van der Waals surface area (Å²) < 4.78 is 33.9. The Morgan fingerprint density at radius 1 is 1.00 bits per heavy atom. The number of nitrogens with zero attached hydrogens (tertiary/aromatic N) is 2. The smallest absolute Gasteiger partial charge is 0.264 e. The highest BCUT2D eigenvalue weighted by atomic mass is 35.5. The van der Waals surface area contributed by atoms with Crippen LogP contribution in [0.5, 0.6) is 5.75 Å². The molecule has 1 N–H and O–H groups in total. The molecule has 196 valence electrons. The number of sulfonamides is 1. The van der Waals surface area contributed by atoms with Crippen LogP contribution in [0.1, 0.15) is 12.5 Å². The summed E-state index contributed by atoms with van der Waals surface area (Å²) in [4.78, 5) is 27.6. The van der Waals surface area contributed by atoms with E-state index in [-0.39, 0.29) is 27.9 Å². The predicted octanol–water partition coefficient (Wildman–Crippen LogP) is 4.36. The van der Waals surface area contributed by atoms with Gasteiger partial charge in [0.1, 0.15) is 18.3 Å². The summed E-state index contributed by atoms with van der Waals surface area (Å²) in [5.41, 5.74) is 0.684. The van der Waals surface area contributed by atoms with Crippen molar-refractivity contribution in [3.05, 3.63) is 88.4 Å². The van der Waals surface area contributed by atoms with Crippen LogP contribution in [0.15, 0.2) is 77.7 Å². The first-order chi connectivity index (χ1) is 17.6. The molecule has 0 heterocycles. The molecule has 0 unspecified atom stereocenters. The molecule has 11 heteroatoms. The quantitative estimate of drug-likeness (QED) is 0.395. The van der Waals surface area contributed by atoms with Gasteiger partial charge >= 0.3 is 0 Å². The lowest BCUT2D eigenvalue weighted by atomic mass is 10.1. The van der Waals surface area contributed by atoms with Crippen LogP contribution in [0.3, 0.4) is 0 Å². The van der Waals surface area contributed by atoms with Crippen LogP contribution in [-0.2, 0) is 26.2 Å². The van der Waals surface area contributed by atoms with Crippen molar-refractivity contribution in [3.8, 4) is 5.75 Å². The number of nitrogens with one attached hydrogen (secondary N) is 1. The molecule has 0 spiro atoms. The molecule has 1 atom stereocenters. The lowest BCUT2D eigenvalue weighted by Crippen LogP contribution is -2.50. The maximum Gasteiger partial charge on any atom is 0.264 e. The van der Waals surface area contributed by atoms with E-state index in [1.807, 2.05) is 0 Å². The molecule has 37 heavy (non-hydrogen) atoms. The Balaban J connectivity index is 2.11. The van der Waals surface area contributed by atoms with Crippen LogP contribution in [-0.4, -0.2) is 51.9 Å². The number of halogens is 2. The minimum Gasteiger partial charge on any atom is -0.495 e. The van der Waals surface area contributed by atoms with Crippen LogP contribution in [0.25, 0.3) is 0 Å². The first-order valence-corrected chi connectivity index (χ1v) is 13.5. The highest BCUT2D eigenvalue weighted by Crippen LogP contribution is 2.35. The Morgan fingerprint density at radius 2 is 1.65 bits per heavy atom. The van der Waals surface area contributed by atoms with E-state index < -0.39 is 34.4 Å². The number of ether oxygens (including phenoxy) is 1. The molecule has 0 radical (unpaired) electrons. The van der Waals surface area contributed by atoms with Gasteiger partial charge in [0.2, 0.25) is 11.8 Å². The van der Waals surface area contributed by atoms with Gasteiger partial charge in [-0.2, -0.15) is 0 Å². The number of rotatable bonds is 10. The zero-order valence-electron chi connectivity index (χ0n) is 20.5. The van der Waals surface area contributed by atoms with Crippen LogP contribution < -0.4 is 14.4 Å². The SMILES string of the molecule is CNC(=O)[C@@H](C)N(Cc1ccccc1Cl)C(=O)CN(c1cc(Cl)ccc1OC)S(=O)(=O)c1ccccc1. The maximum atomic E-state index is 13.8. The first-order valence-electron chi connectivity index (χ1n) is 11.3. The van der Waals surface area contributed by atoms with Crippen molar-refractivity contribution in [1.29, 1.82) is 0 Å². The average Bonchev–Trinajstić information content (AvgIpc) is 2.90. The van der Waals surface area contributed by atoms with Crippen molar-refractivity contribution in [3.63, 3.8) is 0 Å². The molecule has 8 nitrogen and oxygen atoms in total. The lowest BCUT2D eigenvalue weighted by molar-refractivity contribution is -0.139. The molecule has 0 aliphatic heterocycles. The van der Waals surface area contributed by atoms with Gasteiger partial charge in [-0.3, -0.25) is 13.9 Å². The van der Waals surface area contributed by atoms with E-state index in [0.717, 1.165) is 4.31 Å². The largest absolute Gasteiger partial charge is 0.495 e. The zero-order valence-corrected chi connectivity index (χ0v) is 22.8. The van der Waals surface area contributed by atoms with Crippen molar-refractivity contribution in [2.75, 3.05) is 25.0 Å². The number of hydrogen-bond donors (Lipinski definition) is 1. The van der Waals surface area contributed by atoms with E-state index in [2.05, 4.69) is 5.32 Å². The summed E-state index contributed by atoms with van der Waals surface area (Å²) >= 11 is 12.5. The van der Waals surface area contributed by atoms with Crippen molar-refractivity contribution < 1.29 is 22.7 Å². The lowest BCUT2D eigenvalue weighted by Gasteiger charge is -2.32. The van der Waals surface area contributed by atoms with Gasteiger partial charge in [0, 0.05) is 23.6 Å². The van der Waals surface area contributed by atoms with Gasteiger partial charge in [0.05, 0.1) is 17.7 Å². The summed E-state index contributed by atoms with van der Waals surface area (Å²) in [7, 11) is -1.40. The molecule has 0 fully saturated rings. The van der Waals surface area contributed by atoms with E-state index >= 15 is 0 Å². The fourth-order valence-electron chi connectivity index (χ4n) is 3.69. The van der Waals surface area contributed by atoms with Crippen molar-refractivity contribution in [1.82, 2.24) is 10.2 Å². The first kappa shape index (κ1) is 28.3. The summed E-state index contributed by atoms with van der Waals surface area (Å²) in [6.45, 7) is 0.919. The van der Waals surface area contributed by atoms with E-state index in [9.17, 15) is 18.0 Å².